The molecule has 0 radical (unpaired) electrons. The van der Waals surface area contributed by atoms with Gasteiger partial charge in [0.25, 0.3) is 5.69 Å². The van der Waals surface area contributed by atoms with E-state index in [1.54, 1.807) is 10.7 Å². The average Bonchev–Trinajstić information content (AvgIpc) is 2.96. The molecule has 0 fully saturated rings. The molecule has 18 heavy (non-hydrogen) atoms. The van der Waals surface area contributed by atoms with Gasteiger partial charge in [0.15, 0.2) is 0 Å². The highest BCUT2D eigenvalue weighted by atomic mass is 16.6. The molecule has 3 rings (SSSR count). The summed E-state index contributed by atoms with van der Waals surface area (Å²) in [7, 11) is 0. The van der Waals surface area contributed by atoms with Crippen LogP contribution >= 0.6 is 0 Å². The van der Waals surface area contributed by atoms with Crippen LogP contribution in [0.3, 0.4) is 0 Å². The van der Waals surface area contributed by atoms with Crippen molar-refractivity contribution in [2.75, 3.05) is 5.43 Å². The molecular formula is C11H9N5O2. The van der Waals surface area contributed by atoms with Crippen molar-refractivity contribution < 1.29 is 4.92 Å². The minimum Gasteiger partial charge on any atom is -0.323 e. The molecule has 90 valence electrons. The predicted octanol–water partition coefficient (Wildman–Crippen LogP) is 2.15. The molecule has 7 nitrogen and oxygen atoms in total. The Morgan fingerprint density at radius 2 is 2.11 bits per heavy atom. The van der Waals surface area contributed by atoms with Crippen LogP contribution in [0.15, 0.2) is 42.7 Å². The molecule has 2 heterocycles. The molecule has 0 aliphatic heterocycles. The van der Waals surface area contributed by atoms with Crippen LogP contribution in [0, 0.1) is 10.1 Å². The number of hydrogen-bond donors (Lipinski definition) is 2. The van der Waals surface area contributed by atoms with Crippen LogP contribution in [0.4, 0.5) is 11.6 Å². The van der Waals surface area contributed by atoms with Crippen molar-refractivity contribution >= 4 is 22.7 Å². The highest BCUT2D eigenvalue weighted by molar-refractivity contribution is 5.79. The molecule has 2 aromatic heterocycles. The van der Waals surface area contributed by atoms with E-state index in [0.717, 1.165) is 0 Å². The summed E-state index contributed by atoms with van der Waals surface area (Å²) >= 11 is 0. The van der Waals surface area contributed by atoms with Crippen LogP contribution in [-0.2, 0) is 0 Å². The summed E-state index contributed by atoms with van der Waals surface area (Å²) in [6, 6.07) is 8.26. The Kier molecular flexibility index (Phi) is 2.23. The zero-order chi connectivity index (χ0) is 12.5. The second kappa shape index (κ2) is 3.88. The fraction of sp³-hybridized carbons (Fsp3) is 0. The predicted molar refractivity (Wildman–Crippen MR) is 66.2 cm³/mol. The number of nitro benzene ring substituents is 1. The molecule has 0 saturated carbocycles. The number of fused-ring (bicyclic) bond motifs is 1. The SMILES string of the molecule is O=[N+]([O-])c1ccc2nc(Nn3cccc3)[nH]c2c1. The van der Waals surface area contributed by atoms with Crippen molar-refractivity contribution in [3.05, 3.63) is 52.8 Å². The Bertz CT molecular complexity index is 701. The molecule has 1 aromatic carbocycles. The normalized spacial score (nSPS) is 10.7. The quantitative estimate of drug-likeness (QED) is 0.544. The molecule has 7 heteroatoms. The van der Waals surface area contributed by atoms with Gasteiger partial charge in [-0.15, -0.1) is 0 Å². The Labute approximate surface area is 101 Å². The molecule has 0 bridgehead atoms. The van der Waals surface area contributed by atoms with Crippen molar-refractivity contribution in [1.29, 1.82) is 0 Å². The summed E-state index contributed by atoms with van der Waals surface area (Å²) in [5.41, 5.74) is 4.34. The highest BCUT2D eigenvalue weighted by Gasteiger charge is 2.09. The standard InChI is InChI=1S/C11H9N5O2/c17-16(18)8-3-4-9-10(7-8)13-11(12-9)14-15-5-1-2-6-15/h1-7H,(H2,12,13,14). The largest absolute Gasteiger partial charge is 0.323 e. The van der Waals surface area contributed by atoms with Crippen LogP contribution in [0.5, 0.6) is 0 Å². The number of imidazole rings is 1. The number of rotatable bonds is 3. The van der Waals surface area contributed by atoms with E-state index in [0.29, 0.717) is 17.0 Å². The van der Waals surface area contributed by atoms with Gasteiger partial charge < -0.3 is 4.98 Å². The van der Waals surface area contributed by atoms with E-state index < -0.39 is 4.92 Å². The molecule has 0 aliphatic carbocycles. The fourth-order valence-corrected chi connectivity index (χ4v) is 1.70. The Balaban J connectivity index is 1.98. The summed E-state index contributed by atoms with van der Waals surface area (Å²) in [6.07, 6.45) is 3.66. The summed E-state index contributed by atoms with van der Waals surface area (Å²) in [5.74, 6) is 0.529. The lowest BCUT2D eigenvalue weighted by molar-refractivity contribution is -0.384. The molecule has 0 atom stereocenters. The number of nitro groups is 1. The second-order valence-electron chi connectivity index (χ2n) is 3.75. The van der Waals surface area contributed by atoms with Gasteiger partial charge in [0.1, 0.15) is 0 Å². The van der Waals surface area contributed by atoms with Gasteiger partial charge in [-0.25, -0.2) is 4.98 Å². The fourth-order valence-electron chi connectivity index (χ4n) is 1.70. The van der Waals surface area contributed by atoms with Gasteiger partial charge in [-0.05, 0) is 18.2 Å². The Morgan fingerprint density at radius 3 is 2.83 bits per heavy atom. The number of non-ortho nitro benzene ring substituents is 1. The Hall–Kier alpha value is -2.83. The van der Waals surface area contributed by atoms with Gasteiger partial charge in [-0.1, -0.05) is 0 Å². The van der Waals surface area contributed by atoms with Crippen LogP contribution in [0.1, 0.15) is 0 Å². The van der Waals surface area contributed by atoms with Crippen molar-refractivity contribution in [3.8, 4) is 0 Å². The molecule has 0 spiro atoms. The maximum absolute atomic E-state index is 10.7. The topological polar surface area (TPSA) is 88.8 Å². The third-order valence-electron chi connectivity index (χ3n) is 2.52. The number of hydrogen-bond acceptors (Lipinski definition) is 4. The van der Waals surface area contributed by atoms with Gasteiger partial charge in [0.05, 0.1) is 16.0 Å². The lowest BCUT2D eigenvalue weighted by atomic mass is 10.3. The monoisotopic (exact) mass is 243 g/mol. The first-order chi connectivity index (χ1) is 8.72. The average molecular weight is 243 g/mol. The van der Waals surface area contributed by atoms with E-state index in [2.05, 4.69) is 15.4 Å². The summed E-state index contributed by atoms with van der Waals surface area (Å²) in [6.45, 7) is 0. The van der Waals surface area contributed by atoms with Crippen molar-refractivity contribution in [2.24, 2.45) is 0 Å². The Morgan fingerprint density at radius 1 is 1.33 bits per heavy atom. The molecule has 0 aliphatic rings. The van der Waals surface area contributed by atoms with E-state index in [9.17, 15) is 10.1 Å². The number of aromatic amines is 1. The van der Waals surface area contributed by atoms with E-state index in [4.69, 9.17) is 0 Å². The summed E-state index contributed by atoms with van der Waals surface area (Å²) < 4.78 is 1.73. The lowest BCUT2D eigenvalue weighted by Crippen LogP contribution is -2.06. The molecule has 3 aromatic rings. The first-order valence-corrected chi connectivity index (χ1v) is 5.26. The number of nitrogens with one attached hydrogen (secondary N) is 2. The number of H-pyrrole nitrogens is 1. The van der Waals surface area contributed by atoms with Gasteiger partial charge in [0, 0.05) is 24.5 Å². The van der Waals surface area contributed by atoms with Gasteiger partial charge in [-0.2, -0.15) is 0 Å². The van der Waals surface area contributed by atoms with Crippen LogP contribution in [0.25, 0.3) is 11.0 Å². The van der Waals surface area contributed by atoms with Gasteiger partial charge in [-0.3, -0.25) is 20.2 Å². The molecule has 0 unspecified atom stereocenters. The number of nitrogens with zero attached hydrogens (tertiary/aromatic N) is 3. The van der Waals surface area contributed by atoms with E-state index in [1.807, 2.05) is 24.5 Å². The van der Waals surface area contributed by atoms with Gasteiger partial charge >= 0.3 is 0 Å². The smallest absolute Gasteiger partial charge is 0.271 e. The van der Waals surface area contributed by atoms with Crippen LogP contribution < -0.4 is 5.43 Å². The van der Waals surface area contributed by atoms with Gasteiger partial charge in [0.2, 0.25) is 5.95 Å². The maximum Gasteiger partial charge on any atom is 0.271 e. The second-order valence-corrected chi connectivity index (χ2v) is 3.75. The van der Waals surface area contributed by atoms with Crippen molar-refractivity contribution in [3.63, 3.8) is 0 Å². The van der Waals surface area contributed by atoms with Crippen LogP contribution in [-0.4, -0.2) is 19.6 Å². The third-order valence-corrected chi connectivity index (χ3v) is 2.52. The van der Waals surface area contributed by atoms with E-state index >= 15 is 0 Å². The lowest BCUT2D eigenvalue weighted by Gasteiger charge is -2.01. The van der Waals surface area contributed by atoms with Crippen molar-refractivity contribution in [2.45, 2.75) is 0 Å². The first kappa shape index (κ1) is 10.3. The van der Waals surface area contributed by atoms with Crippen LogP contribution in [0.2, 0.25) is 0 Å². The zero-order valence-corrected chi connectivity index (χ0v) is 9.20. The van der Waals surface area contributed by atoms with E-state index in [-0.39, 0.29) is 5.69 Å². The highest BCUT2D eigenvalue weighted by Crippen LogP contribution is 2.20. The zero-order valence-electron chi connectivity index (χ0n) is 9.20. The summed E-state index contributed by atoms with van der Waals surface area (Å²) in [5, 5.41) is 10.7. The number of anilines is 1. The van der Waals surface area contributed by atoms with Crippen molar-refractivity contribution in [1.82, 2.24) is 14.6 Å². The molecule has 2 N–H and O–H groups in total. The molecule has 0 amide bonds. The maximum atomic E-state index is 10.7. The van der Waals surface area contributed by atoms with E-state index in [1.165, 1.54) is 12.1 Å². The number of aromatic nitrogens is 3. The third kappa shape index (κ3) is 1.77. The first-order valence-electron chi connectivity index (χ1n) is 5.26. The summed E-state index contributed by atoms with van der Waals surface area (Å²) in [4.78, 5) is 17.5. The minimum absolute atomic E-state index is 0.0404. The molecule has 0 saturated heterocycles. The minimum atomic E-state index is -0.431. The number of benzene rings is 1. The molecular weight excluding hydrogens is 234 g/mol.